The highest BCUT2D eigenvalue weighted by Gasteiger charge is 2.17. The molecule has 0 spiro atoms. The van der Waals surface area contributed by atoms with E-state index in [1.807, 2.05) is 30.3 Å². The van der Waals surface area contributed by atoms with Crippen LogP contribution in [0.15, 0.2) is 51.7 Å². The van der Waals surface area contributed by atoms with Crippen molar-refractivity contribution in [1.82, 2.24) is 9.88 Å². The molecule has 1 saturated heterocycles. The zero-order valence-electron chi connectivity index (χ0n) is 13.8. The Kier molecular flexibility index (Phi) is 5.31. The summed E-state index contributed by atoms with van der Waals surface area (Å²) in [7, 11) is 0. The third kappa shape index (κ3) is 3.96. The number of thiazole rings is 1. The standard InChI is InChI=1S/C18H16ClN3O2S2/c19-13-11-12(20-17(23)22-7-9-24-10-8-22)5-6-15(13)25-18-21-14-3-1-2-4-16(14)26-18/h1-6,11H,7-10H2,(H,20,23). The summed E-state index contributed by atoms with van der Waals surface area (Å²) in [5.74, 6) is 0. The van der Waals surface area contributed by atoms with Gasteiger partial charge in [0.1, 0.15) is 0 Å². The summed E-state index contributed by atoms with van der Waals surface area (Å²) in [6, 6.07) is 13.5. The second-order valence-corrected chi connectivity index (χ2v) is 8.45. The number of halogens is 1. The van der Waals surface area contributed by atoms with Gasteiger partial charge in [0, 0.05) is 23.7 Å². The average Bonchev–Trinajstić information content (AvgIpc) is 3.07. The number of aromatic nitrogens is 1. The minimum absolute atomic E-state index is 0.129. The molecule has 0 saturated carbocycles. The van der Waals surface area contributed by atoms with E-state index in [4.69, 9.17) is 16.3 Å². The van der Waals surface area contributed by atoms with E-state index in [1.165, 1.54) is 11.8 Å². The number of morpholine rings is 1. The number of nitrogens with one attached hydrogen (secondary N) is 1. The second-order valence-electron chi connectivity index (χ2n) is 5.72. The van der Waals surface area contributed by atoms with Crippen LogP contribution in [0.3, 0.4) is 0 Å². The summed E-state index contributed by atoms with van der Waals surface area (Å²) in [5.41, 5.74) is 1.67. The van der Waals surface area contributed by atoms with E-state index < -0.39 is 0 Å². The third-order valence-electron chi connectivity index (χ3n) is 3.95. The number of carbonyl (C=O) groups is 1. The molecule has 5 nitrogen and oxygen atoms in total. The van der Waals surface area contributed by atoms with E-state index in [-0.39, 0.29) is 6.03 Å². The Morgan fingerprint density at radius 3 is 2.81 bits per heavy atom. The van der Waals surface area contributed by atoms with Gasteiger partial charge in [0.25, 0.3) is 0 Å². The fraction of sp³-hybridized carbons (Fsp3) is 0.222. The zero-order valence-corrected chi connectivity index (χ0v) is 16.2. The number of benzene rings is 2. The van der Waals surface area contributed by atoms with Gasteiger partial charge in [0.2, 0.25) is 0 Å². The second kappa shape index (κ2) is 7.84. The molecule has 2 aromatic carbocycles. The monoisotopic (exact) mass is 405 g/mol. The molecule has 4 rings (SSSR count). The number of fused-ring (bicyclic) bond motifs is 1. The van der Waals surface area contributed by atoms with Crippen molar-refractivity contribution in [1.29, 1.82) is 0 Å². The van der Waals surface area contributed by atoms with Crippen molar-refractivity contribution < 1.29 is 9.53 Å². The van der Waals surface area contributed by atoms with Crippen molar-refractivity contribution >= 4 is 56.6 Å². The van der Waals surface area contributed by atoms with Crippen molar-refractivity contribution in [3.8, 4) is 0 Å². The fourth-order valence-electron chi connectivity index (χ4n) is 2.62. The summed E-state index contributed by atoms with van der Waals surface area (Å²) in [6.45, 7) is 2.36. The number of nitrogens with zero attached hydrogens (tertiary/aromatic N) is 2. The maximum Gasteiger partial charge on any atom is 0.322 e. The summed E-state index contributed by atoms with van der Waals surface area (Å²) in [5, 5.41) is 3.48. The van der Waals surface area contributed by atoms with Crippen LogP contribution in [-0.4, -0.2) is 42.2 Å². The van der Waals surface area contributed by atoms with Crippen molar-refractivity contribution in [2.75, 3.05) is 31.6 Å². The van der Waals surface area contributed by atoms with Gasteiger partial charge in [0.15, 0.2) is 4.34 Å². The number of hydrogen-bond donors (Lipinski definition) is 1. The molecule has 0 bridgehead atoms. The van der Waals surface area contributed by atoms with Crippen LogP contribution in [0.1, 0.15) is 0 Å². The highest BCUT2D eigenvalue weighted by molar-refractivity contribution is 8.01. The molecule has 0 atom stereocenters. The number of hydrogen-bond acceptors (Lipinski definition) is 5. The Bertz CT molecular complexity index is 908. The molecule has 0 unspecified atom stereocenters. The lowest BCUT2D eigenvalue weighted by Gasteiger charge is -2.27. The van der Waals surface area contributed by atoms with Gasteiger partial charge in [-0.3, -0.25) is 0 Å². The first-order valence-corrected chi connectivity index (χ1v) is 10.2. The molecule has 1 aliphatic rings. The molecule has 1 aliphatic heterocycles. The predicted molar refractivity (Wildman–Crippen MR) is 107 cm³/mol. The van der Waals surface area contributed by atoms with E-state index in [0.717, 1.165) is 19.5 Å². The van der Waals surface area contributed by atoms with Crippen LogP contribution in [0.4, 0.5) is 10.5 Å². The molecule has 1 aromatic heterocycles. The van der Waals surface area contributed by atoms with Crippen LogP contribution in [0.25, 0.3) is 10.2 Å². The molecule has 0 aliphatic carbocycles. The lowest BCUT2D eigenvalue weighted by molar-refractivity contribution is 0.0564. The largest absolute Gasteiger partial charge is 0.378 e. The molecule has 26 heavy (non-hydrogen) atoms. The maximum absolute atomic E-state index is 12.3. The van der Waals surface area contributed by atoms with Crippen LogP contribution >= 0.6 is 34.7 Å². The van der Waals surface area contributed by atoms with Gasteiger partial charge in [-0.1, -0.05) is 35.5 Å². The Hall–Kier alpha value is -1.80. The van der Waals surface area contributed by atoms with Gasteiger partial charge < -0.3 is 15.0 Å². The molecule has 0 radical (unpaired) electrons. The molecular formula is C18H16ClN3O2S2. The Morgan fingerprint density at radius 2 is 2.04 bits per heavy atom. The minimum atomic E-state index is -0.129. The highest BCUT2D eigenvalue weighted by Crippen LogP contribution is 2.38. The van der Waals surface area contributed by atoms with Gasteiger partial charge >= 0.3 is 6.03 Å². The normalized spacial score (nSPS) is 14.6. The molecule has 2 heterocycles. The SMILES string of the molecule is O=C(Nc1ccc(Sc2nc3ccccc3s2)c(Cl)c1)N1CCOCC1. The summed E-state index contributed by atoms with van der Waals surface area (Å²) >= 11 is 9.59. The van der Waals surface area contributed by atoms with Gasteiger partial charge in [-0.15, -0.1) is 11.3 Å². The Balaban J connectivity index is 1.46. The fourth-order valence-corrected chi connectivity index (χ4v) is 4.94. The topological polar surface area (TPSA) is 54.5 Å². The lowest BCUT2D eigenvalue weighted by atomic mass is 10.3. The summed E-state index contributed by atoms with van der Waals surface area (Å²) < 4.78 is 7.36. The number of ether oxygens (including phenoxy) is 1. The Labute approximate surface area is 164 Å². The average molecular weight is 406 g/mol. The van der Waals surface area contributed by atoms with Crippen LogP contribution < -0.4 is 5.32 Å². The van der Waals surface area contributed by atoms with Crippen molar-refractivity contribution in [3.05, 3.63) is 47.5 Å². The molecule has 2 amide bonds. The quantitative estimate of drug-likeness (QED) is 0.668. The Morgan fingerprint density at radius 1 is 1.23 bits per heavy atom. The number of amides is 2. The molecule has 3 aromatic rings. The summed E-state index contributed by atoms with van der Waals surface area (Å²) in [4.78, 5) is 19.5. The number of carbonyl (C=O) groups excluding carboxylic acids is 1. The van der Waals surface area contributed by atoms with E-state index in [1.54, 1.807) is 22.3 Å². The zero-order chi connectivity index (χ0) is 17.9. The predicted octanol–water partition coefficient (Wildman–Crippen LogP) is 4.97. The summed E-state index contributed by atoms with van der Waals surface area (Å²) in [6.07, 6.45) is 0. The first kappa shape index (κ1) is 17.6. The van der Waals surface area contributed by atoms with Crippen molar-refractivity contribution in [3.63, 3.8) is 0 Å². The van der Waals surface area contributed by atoms with Crippen molar-refractivity contribution in [2.45, 2.75) is 9.24 Å². The maximum atomic E-state index is 12.3. The third-order valence-corrected chi connectivity index (χ3v) is 6.55. The van der Waals surface area contributed by atoms with Crippen LogP contribution in [0.2, 0.25) is 5.02 Å². The smallest absolute Gasteiger partial charge is 0.322 e. The van der Waals surface area contributed by atoms with Gasteiger partial charge in [-0.2, -0.15) is 0 Å². The molecular weight excluding hydrogens is 390 g/mol. The number of urea groups is 1. The van der Waals surface area contributed by atoms with E-state index in [9.17, 15) is 4.79 Å². The first-order chi connectivity index (χ1) is 12.7. The van der Waals surface area contributed by atoms with Crippen molar-refractivity contribution in [2.24, 2.45) is 0 Å². The van der Waals surface area contributed by atoms with Gasteiger partial charge in [-0.05, 0) is 30.3 Å². The molecule has 8 heteroatoms. The van der Waals surface area contributed by atoms with Gasteiger partial charge in [-0.25, -0.2) is 9.78 Å². The number of anilines is 1. The molecule has 1 fully saturated rings. The lowest BCUT2D eigenvalue weighted by Crippen LogP contribution is -2.43. The highest BCUT2D eigenvalue weighted by atomic mass is 35.5. The number of rotatable bonds is 3. The van der Waals surface area contributed by atoms with E-state index >= 15 is 0 Å². The van der Waals surface area contributed by atoms with Crippen LogP contribution in [0, 0.1) is 0 Å². The van der Waals surface area contributed by atoms with Crippen LogP contribution in [-0.2, 0) is 4.74 Å². The van der Waals surface area contributed by atoms with E-state index in [2.05, 4.69) is 16.4 Å². The van der Waals surface area contributed by atoms with Gasteiger partial charge in [0.05, 0.1) is 28.5 Å². The minimum Gasteiger partial charge on any atom is -0.378 e. The van der Waals surface area contributed by atoms with E-state index in [0.29, 0.717) is 37.0 Å². The first-order valence-electron chi connectivity index (χ1n) is 8.16. The van der Waals surface area contributed by atoms with Crippen LogP contribution in [0.5, 0.6) is 0 Å². The molecule has 1 N–H and O–H groups in total. The molecule has 134 valence electrons. The number of para-hydroxylation sites is 1.